The van der Waals surface area contributed by atoms with Crippen LogP contribution in [0.3, 0.4) is 0 Å². The number of aryl methyl sites for hydroxylation is 1. The molecule has 2 amide bonds. The van der Waals surface area contributed by atoms with Crippen molar-refractivity contribution >= 4 is 35.0 Å². The highest BCUT2D eigenvalue weighted by atomic mass is 35.5. The maximum atomic E-state index is 13.6. The van der Waals surface area contributed by atoms with Gasteiger partial charge in [-0.2, -0.15) is 0 Å². The first-order valence-corrected chi connectivity index (χ1v) is 12.6. The van der Waals surface area contributed by atoms with Crippen molar-refractivity contribution in [1.82, 2.24) is 10.2 Å². The fraction of sp³-hybridized carbons (Fsp3) is 0.310. The van der Waals surface area contributed by atoms with Crippen molar-refractivity contribution < 1.29 is 14.3 Å². The van der Waals surface area contributed by atoms with Crippen LogP contribution in [0.2, 0.25) is 10.0 Å². The predicted molar refractivity (Wildman–Crippen MR) is 146 cm³/mol. The van der Waals surface area contributed by atoms with E-state index in [1.165, 1.54) is 0 Å². The van der Waals surface area contributed by atoms with E-state index in [9.17, 15) is 9.59 Å². The van der Waals surface area contributed by atoms with Gasteiger partial charge < -0.3 is 15.0 Å². The minimum absolute atomic E-state index is 0.169. The number of carbonyl (C=O) groups excluding carboxylic acids is 2. The van der Waals surface area contributed by atoms with Crippen LogP contribution in [0.4, 0.5) is 0 Å². The number of ether oxygens (including phenoxy) is 1. The molecule has 0 aliphatic rings. The van der Waals surface area contributed by atoms with Crippen molar-refractivity contribution in [2.75, 3.05) is 6.61 Å². The predicted octanol–water partition coefficient (Wildman–Crippen LogP) is 6.24. The monoisotopic (exact) mass is 526 g/mol. The van der Waals surface area contributed by atoms with E-state index in [4.69, 9.17) is 27.9 Å². The Morgan fingerprint density at radius 3 is 2.28 bits per heavy atom. The van der Waals surface area contributed by atoms with Gasteiger partial charge in [0.25, 0.3) is 5.91 Å². The minimum atomic E-state index is -0.769. The molecule has 3 rings (SSSR count). The number of hydrogen-bond acceptors (Lipinski definition) is 3. The molecular formula is C29H32Cl2N2O3. The number of rotatable bonds is 9. The number of nitrogens with zero attached hydrogens (tertiary/aromatic N) is 1. The Kier molecular flexibility index (Phi) is 9.41. The Morgan fingerprint density at radius 1 is 0.917 bits per heavy atom. The normalized spacial score (nSPS) is 12.1. The summed E-state index contributed by atoms with van der Waals surface area (Å²) in [5.41, 5.74) is 2.26. The molecule has 190 valence electrons. The van der Waals surface area contributed by atoms with E-state index >= 15 is 0 Å². The quantitative estimate of drug-likeness (QED) is 0.359. The van der Waals surface area contributed by atoms with Crippen LogP contribution in [0.5, 0.6) is 5.75 Å². The van der Waals surface area contributed by atoms with Gasteiger partial charge in [0.15, 0.2) is 6.61 Å². The molecule has 0 heterocycles. The molecule has 5 nitrogen and oxygen atoms in total. The number of benzene rings is 3. The standard InChI is InChI=1S/C29H32Cl2N2O3/c1-20-9-8-12-23(15-20)36-19-27(34)33(18-22-13-14-24(30)25(31)16-22)26(28(35)32-29(2,3)4)17-21-10-6-5-7-11-21/h5-16,26H,17-19H2,1-4H3,(H,32,35). The average molecular weight is 527 g/mol. The Morgan fingerprint density at radius 2 is 1.64 bits per heavy atom. The molecule has 0 saturated carbocycles. The lowest BCUT2D eigenvalue weighted by Gasteiger charge is -2.33. The Balaban J connectivity index is 1.95. The maximum Gasteiger partial charge on any atom is 0.261 e. The molecule has 0 fully saturated rings. The van der Waals surface area contributed by atoms with Gasteiger partial charge in [-0.25, -0.2) is 0 Å². The van der Waals surface area contributed by atoms with E-state index in [-0.39, 0.29) is 25.0 Å². The highest BCUT2D eigenvalue weighted by molar-refractivity contribution is 6.42. The first-order valence-electron chi connectivity index (χ1n) is 11.8. The summed E-state index contributed by atoms with van der Waals surface area (Å²) < 4.78 is 5.82. The van der Waals surface area contributed by atoms with Crippen molar-refractivity contribution in [3.8, 4) is 5.75 Å². The minimum Gasteiger partial charge on any atom is -0.484 e. The third kappa shape index (κ3) is 8.28. The van der Waals surface area contributed by atoms with Gasteiger partial charge in [-0.15, -0.1) is 0 Å². The molecule has 1 N–H and O–H groups in total. The molecule has 3 aromatic carbocycles. The summed E-state index contributed by atoms with van der Waals surface area (Å²) in [7, 11) is 0. The second-order valence-electron chi connectivity index (χ2n) is 9.82. The molecule has 0 radical (unpaired) electrons. The van der Waals surface area contributed by atoms with Crippen LogP contribution in [0.15, 0.2) is 72.8 Å². The van der Waals surface area contributed by atoms with Crippen molar-refractivity contribution in [3.05, 3.63) is 99.5 Å². The molecule has 3 aromatic rings. The third-order valence-corrected chi connectivity index (χ3v) is 6.20. The van der Waals surface area contributed by atoms with E-state index in [2.05, 4.69) is 5.32 Å². The highest BCUT2D eigenvalue weighted by Gasteiger charge is 2.32. The van der Waals surface area contributed by atoms with Crippen LogP contribution in [0.1, 0.15) is 37.5 Å². The van der Waals surface area contributed by atoms with Crippen LogP contribution >= 0.6 is 23.2 Å². The first-order chi connectivity index (χ1) is 17.0. The molecule has 0 saturated heterocycles. The van der Waals surface area contributed by atoms with Crippen molar-refractivity contribution in [2.24, 2.45) is 0 Å². The van der Waals surface area contributed by atoms with E-state index in [1.807, 2.05) is 76.2 Å². The molecular weight excluding hydrogens is 495 g/mol. The molecule has 0 aromatic heterocycles. The van der Waals surface area contributed by atoms with E-state index in [0.29, 0.717) is 22.2 Å². The fourth-order valence-corrected chi connectivity index (χ4v) is 4.10. The van der Waals surface area contributed by atoms with Crippen molar-refractivity contribution in [3.63, 3.8) is 0 Å². The Labute approximate surface area is 223 Å². The molecule has 1 unspecified atom stereocenters. The zero-order valence-corrected chi connectivity index (χ0v) is 22.6. The van der Waals surface area contributed by atoms with Crippen LogP contribution in [-0.2, 0) is 22.6 Å². The lowest BCUT2D eigenvalue weighted by atomic mass is 10.0. The van der Waals surface area contributed by atoms with Gasteiger partial charge in [-0.05, 0) is 68.7 Å². The molecule has 0 spiro atoms. The SMILES string of the molecule is Cc1cccc(OCC(=O)N(Cc2ccc(Cl)c(Cl)c2)C(Cc2ccccc2)C(=O)NC(C)(C)C)c1. The van der Waals surface area contributed by atoms with Gasteiger partial charge in [0.1, 0.15) is 11.8 Å². The maximum absolute atomic E-state index is 13.6. The lowest BCUT2D eigenvalue weighted by Crippen LogP contribution is -2.55. The lowest BCUT2D eigenvalue weighted by molar-refractivity contribution is -0.143. The molecule has 36 heavy (non-hydrogen) atoms. The van der Waals surface area contributed by atoms with Crippen LogP contribution < -0.4 is 10.1 Å². The largest absolute Gasteiger partial charge is 0.484 e. The van der Waals surface area contributed by atoms with Crippen LogP contribution in [0, 0.1) is 6.92 Å². The molecule has 1 atom stereocenters. The number of hydrogen-bond donors (Lipinski definition) is 1. The second kappa shape index (κ2) is 12.3. The topological polar surface area (TPSA) is 58.6 Å². The van der Waals surface area contributed by atoms with E-state index < -0.39 is 11.6 Å². The summed E-state index contributed by atoms with van der Waals surface area (Å²) in [4.78, 5) is 28.7. The van der Waals surface area contributed by atoms with E-state index in [1.54, 1.807) is 29.2 Å². The molecule has 0 bridgehead atoms. The van der Waals surface area contributed by atoms with Crippen LogP contribution in [-0.4, -0.2) is 34.9 Å². The van der Waals surface area contributed by atoms with Gasteiger partial charge in [-0.1, -0.05) is 71.7 Å². The van der Waals surface area contributed by atoms with Gasteiger partial charge in [0.2, 0.25) is 5.91 Å². The van der Waals surface area contributed by atoms with Gasteiger partial charge in [0.05, 0.1) is 10.0 Å². The summed E-state index contributed by atoms with van der Waals surface area (Å²) >= 11 is 12.4. The van der Waals surface area contributed by atoms with Crippen molar-refractivity contribution in [2.45, 2.75) is 52.2 Å². The van der Waals surface area contributed by atoms with Gasteiger partial charge in [0, 0.05) is 18.5 Å². The number of halogens is 2. The third-order valence-electron chi connectivity index (χ3n) is 5.46. The first kappa shape index (κ1) is 27.6. The Bertz CT molecular complexity index is 1190. The van der Waals surface area contributed by atoms with E-state index in [0.717, 1.165) is 16.7 Å². The molecule has 0 aliphatic carbocycles. The summed E-state index contributed by atoms with van der Waals surface area (Å²) in [6, 6.07) is 21.6. The fourth-order valence-electron chi connectivity index (χ4n) is 3.77. The summed E-state index contributed by atoms with van der Waals surface area (Å²) in [6.45, 7) is 7.65. The summed E-state index contributed by atoms with van der Waals surface area (Å²) in [5.74, 6) is 0.0412. The smallest absolute Gasteiger partial charge is 0.261 e. The molecule has 7 heteroatoms. The van der Waals surface area contributed by atoms with Crippen LogP contribution in [0.25, 0.3) is 0 Å². The van der Waals surface area contributed by atoms with Gasteiger partial charge >= 0.3 is 0 Å². The second-order valence-corrected chi connectivity index (χ2v) is 10.6. The molecule has 0 aliphatic heterocycles. The number of nitrogens with one attached hydrogen (secondary N) is 1. The number of carbonyl (C=O) groups is 2. The average Bonchev–Trinajstić information content (AvgIpc) is 2.81. The summed E-state index contributed by atoms with van der Waals surface area (Å²) in [5, 5.41) is 3.85. The van der Waals surface area contributed by atoms with Crippen molar-refractivity contribution in [1.29, 1.82) is 0 Å². The highest BCUT2D eigenvalue weighted by Crippen LogP contribution is 2.24. The zero-order valence-electron chi connectivity index (χ0n) is 21.1. The van der Waals surface area contributed by atoms with Gasteiger partial charge in [-0.3, -0.25) is 9.59 Å². The summed E-state index contributed by atoms with van der Waals surface area (Å²) in [6.07, 6.45) is 0.347. The Hall–Kier alpha value is -3.02. The number of amides is 2. The zero-order chi connectivity index (χ0) is 26.3.